The van der Waals surface area contributed by atoms with Gasteiger partial charge < -0.3 is 10.1 Å². The van der Waals surface area contributed by atoms with E-state index in [0.29, 0.717) is 5.15 Å². The summed E-state index contributed by atoms with van der Waals surface area (Å²) in [5, 5.41) is 3.92. The number of halogens is 1. The van der Waals surface area contributed by atoms with Gasteiger partial charge in [-0.1, -0.05) is 32.4 Å². The number of ether oxygens (including phenoxy) is 1. The number of aryl methyl sites for hydroxylation is 1. The molecule has 0 saturated carbocycles. The normalized spacial score (nSPS) is 11.7. The molecule has 0 spiro atoms. The van der Waals surface area contributed by atoms with Gasteiger partial charge in [-0.2, -0.15) is 0 Å². The fourth-order valence-electron chi connectivity index (χ4n) is 1.65. The molecular weight excluding hydrogens is 262 g/mol. The molecule has 0 aliphatic rings. The quantitative estimate of drug-likeness (QED) is 0.779. The molecule has 0 unspecified atom stereocenters. The second kappa shape index (κ2) is 7.06. The molecule has 0 fully saturated rings. The van der Waals surface area contributed by atoms with Crippen molar-refractivity contribution < 1.29 is 4.74 Å². The van der Waals surface area contributed by atoms with E-state index in [1.54, 1.807) is 7.11 Å². The monoisotopic (exact) mass is 285 g/mol. The van der Waals surface area contributed by atoms with Crippen LogP contribution in [-0.4, -0.2) is 30.2 Å². The van der Waals surface area contributed by atoms with E-state index in [4.69, 9.17) is 16.3 Å². The summed E-state index contributed by atoms with van der Waals surface area (Å²) in [6.45, 7) is 9.96. The lowest BCUT2D eigenvalue weighted by atomic mass is 9.90. The summed E-state index contributed by atoms with van der Waals surface area (Å²) in [6, 6.07) is 0. The molecule has 0 aliphatic carbocycles. The van der Waals surface area contributed by atoms with Gasteiger partial charge in [0.2, 0.25) is 0 Å². The van der Waals surface area contributed by atoms with Crippen LogP contribution in [0.15, 0.2) is 0 Å². The number of rotatable bonds is 7. The zero-order chi connectivity index (χ0) is 14.5. The largest absolute Gasteiger partial charge is 0.385 e. The molecule has 5 heteroatoms. The maximum Gasteiger partial charge on any atom is 0.137 e. The highest BCUT2D eigenvalue weighted by atomic mass is 35.5. The zero-order valence-corrected chi connectivity index (χ0v) is 13.3. The van der Waals surface area contributed by atoms with Gasteiger partial charge in [0.05, 0.1) is 0 Å². The third-order valence-corrected chi connectivity index (χ3v) is 3.53. The smallest absolute Gasteiger partial charge is 0.137 e. The van der Waals surface area contributed by atoms with Crippen molar-refractivity contribution in [2.45, 2.75) is 40.5 Å². The van der Waals surface area contributed by atoms with E-state index >= 15 is 0 Å². The zero-order valence-electron chi connectivity index (χ0n) is 12.5. The molecule has 0 aromatic carbocycles. The number of hydrogen-bond acceptors (Lipinski definition) is 4. The summed E-state index contributed by atoms with van der Waals surface area (Å²) in [4.78, 5) is 8.74. The first-order valence-electron chi connectivity index (χ1n) is 6.65. The molecule has 0 amide bonds. The Morgan fingerprint density at radius 3 is 2.58 bits per heavy atom. The average molecular weight is 286 g/mol. The van der Waals surface area contributed by atoms with E-state index in [2.05, 4.69) is 29.1 Å². The number of anilines is 1. The Morgan fingerprint density at radius 1 is 1.32 bits per heavy atom. The lowest BCUT2D eigenvalue weighted by Crippen LogP contribution is -2.25. The van der Waals surface area contributed by atoms with Crippen LogP contribution in [0.4, 0.5) is 5.82 Å². The van der Waals surface area contributed by atoms with E-state index in [-0.39, 0.29) is 5.41 Å². The number of methoxy groups -OCH3 is 1. The first-order chi connectivity index (χ1) is 8.89. The molecule has 0 radical (unpaired) electrons. The Hall–Kier alpha value is -0.870. The lowest BCUT2D eigenvalue weighted by molar-refractivity contribution is 0.157. The minimum absolute atomic E-state index is 0.145. The van der Waals surface area contributed by atoms with Crippen molar-refractivity contribution in [3.8, 4) is 0 Å². The Balaban J connectivity index is 2.74. The molecule has 0 saturated heterocycles. The molecule has 19 heavy (non-hydrogen) atoms. The summed E-state index contributed by atoms with van der Waals surface area (Å²) in [5.74, 6) is 1.61. The predicted octanol–water partition coefficient (Wildman–Crippen LogP) is 3.48. The van der Waals surface area contributed by atoms with Crippen molar-refractivity contribution in [2.24, 2.45) is 5.41 Å². The number of nitrogens with zero attached hydrogens (tertiary/aromatic N) is 2. The van der Waals surface area contributed by atoms with Gasteiger partial charge in [0.1, 0.15) is 16.8 Å². The van der Waals surface area contributed by atoms with Crippen LogP contribution in [0.3, 0.4) is 0 Å². The Kier molecular flexibility index (Phi) is 6.01. The van der Waals surface area contributed by atoms with E-state index < -0.39 is 0 Å². The maximum atomic E-state index is 6.12. The van der Waals surface area contributed by atoms with Crippen molar-refractivity contribution in [1.82, 2.24) is 9.97 Å². The number of aromatic nitrogens is 2. The second-order valence-corrected chi connectivity index (χ2v) is 5.88. The van der Waals surface area contributed by atoms with Gasteiger partial charge >= 0.3 is 0 Å². The van der Waals surface area contributed by atoms with Crippen molar-refractivity contribution in [1.29, 1.82) is 0 Å². The standard InChI is InChI=1S/C14H24ClN3O/c1-6-11-17-12(15)10(2)13(18-11)16-9-14(3,4)7-8-19-5/h6-9H2,1-5H3,(H,16,17,18). The average Bonchev–Trinajstić information content (AvgIpc) is 2.38. The van der Waals surface area contributed by atoms with Crippen LogP contribution in [0, 0.1) is 12.3 Å². The molecular formula is C14H24ClN3O. The molecule has 1 aromatic rings. The van der Waals surface area contributed by atoms with Crippen molar-refractivity contribution in [3.63, 3.8) is 0 Å². The van der Waals surface area contributed by atoms with E-state index in [0.717, 1.165) is 43.2 Å². The third kappa shape index (κ3) is 4.96. The van der Waals surface area contributed by atoms with Gasteiger partial charge in [0.15, 0.2) is 0 Å². The molecule has 1 N–H and O–H groups in total. The molecule has 0 atom stereocenters. The van der Waals surface area contributed by atoms with Gasteiger partial charge in [-0.05, 0) is 18.8 Å². The van der Waals surface area contributed by atoms with Crippen LogP contribution in [0.2, 0.25) is 5.15 Å². The number of nitrogens with one attached hydrogen (secondary N) is 1. The van der Waals surface area contributed by atoms with Gasteiger partial charge in [0.25, 0.3) is 0 Å². The van der Waals surface area contributed by atoms with Gasteiger partial charge in [0, 0.05) is 32.2 Å². The molecule has 4 nitrogen and oxygen atoms in total. The van der Waals surface area contributed by atoms with E-state index in [9.17, 15) is 0 Å². The van der Waals surface area contributed by atoms with Crippen LogP contribution in [0.5, 0.6) is 0 Å². The second-order valence-electron chi connectivity index (χ2n) is 5.52. The molecule has 1 rings (SSSR count). The van der Waals surface area contributed by atoms with Crippen molar-refractivity contribution in [2.75, 3.05) is 25.6 Å². The topological polar surface area (TPSA) is 47.0 Å². The van der Waals surface area contributed by atoms with Gasteiger partial charge in [-0.15, -0.1) is 0 Å². The van der Waals surface area contributed by atoms with Gasteiger partial charge in [-0.3, -0.25) is 0 Å². The summed E-state index contributed by atoms with van der Waals surface area (Å²) < 4.78 is 5.13. The van der Waals surface area contributed by atoms with Crippen molar-refractivity contribution in [3.05, 3.63) is 16.5 Å². The Bertz CT molecular complexity index is 421. The van der Waals surface area contributed by atoms with Crippen LogP contribution in [0.25, 0.3) is 0 Å². The summed E-state index contributed by atoms with van der Waals surface area (Å²) in [6.07, 6.45) is 1.77. The number of hydrogen-bond donors (Lipinski definition) is 1. The first kappa shape index (κ1) is 16.2. The highest BCUT2D eigenvalue weighted by Crippen LogP contribution is 2.24. The fourth-order valence-corrected chi connectivity index (χ4v) is 1.84. The summed E-state index contributed by atoms with van der Waals surface area (Å²) in [7, 11) is 1.73. The minimum Gasteiger partial charge on any atom is -0.385 e. The fraction of sp³-hybridized carbons (Fsp3) is 0.714. The third-order valence-electron chi connectivity index (χ3n) is 3.17. The van der Waals surface area contributed by atoms with Crippen LogP contribution < -0.4 is 5.32 Å². The Morgan fingerprint density at radius 2 is 2.00 bits per heavy atom. The van der Waals surface area contributed by atoms with Crippen molar-refractivity contribution >= 4 is 17.4 Å². The van der Waals surface area contributed by atoms with Gasteiger partial charge in [-0.25, -0.2) is 9.97 Å². The highest BCUT2D eigenvalue weighted by molar-refractivity contribution is 6.30. The molecule has 1 heterocycles. The minimum atomic E-state index is 0.145. The predicted molar refractivity (Wildman–Crippen MR) is 79.9 cm³/mol. The summed E-state index contributed by atoms with van der Waals surface area (Å²) in [5.41, 5.74) is 1.05. The van der Waals surface area contributed by atoms with Crippen LogP contribution in [0.1, 0.15) is 38.6 Å². The molecule has 0 bridgehead atoms. The molecule has 0 aliphatic heterocycles. The highest BCUT2D eigenvalue weighted by Gasteiger charge is 2.18. The molecule has 1 aromatic heterocycles. The SMILES string of the molecule is CCc1nc(Cl)c(C)c(NCC(C)(C)CCOC)n1. The van der Waals surface area contributed by atoms with E-state index in [1.807, 2.05) is 13.8 Å². The van der Waals surface area contributed by atoms with E-state index in [1.165, 1.54) is 0 Å². The van der Waals surface area contributed by atoms with Crippen LogP contribution >= 0.6 is 11.6 Å². The molecule has 108 valence electrons. The summed E-state index contributed by atoms with van der Waals surface area (Å²) >= 11 is 6.12. The maximum absolute atomic E-state index is 6.12. The first-order valence-corrected chi connectivity index (χ1v) is 7.03. The van der Waals surface area contributed by atoms with Crippen LogP contribution in [-0.2, 0) is 11.2 Å². The Labute approximate surface area is 120 Å². The lowest BCUT2D eigenvalue weighted by Gasteiger charge is -2.25.